The fraction of sp³-hybridized carbons (Fsp3) is 0.250. The van der Waals surface area contributed by atoms with E-state index in [4.69, 9.17) is 0 Å². The molecule has 21 heavy (non-hydrogen) atoms. The molecule has 0 bridgehead atoms. The number of para-hydroxylation sites is 1. The Morgan fingerprint density at radius 1 is 1.33 bits per heavy atom. The van der Waals surface area contributed by atoms with Crippen molar-refractivity contribution in [1.82, 2.24) is 14.7 Å². The van der Waals surface area contributed by atoms with E-state index in [-0.39, 0.29) is 17.8 Å². The summed E-state index contributed by atoms with van der Waals surface area (Å²) < 4.78 is 26.3. The van der Waals surface area contributed by atoms with Crippen LogP contribution in [0.1, 0.15) is 11.4 Å². The van der Waals surface area contributed by atoms with Crippen molar-refractivity contribution < 1.29 is 13.3 Å². The van der Waals surface area contributed by atoms with E-state index in [1.165, 1.54) is 18.2 Å². The quantitative estimate of drug-likeness (QED) is 0.584. The number of imidazole rings is 1. The zero-order valence-electron chi connectivity index (χ0n) is 11.0. The van der Waals surface area contributed by atoms with E-state index in [1.54, 1.807) is 18.5 Å². The summed E-state index contributed by atoms with van der Waals surface area (Å²) in [5.74, 6) is 0.242. The number of rotatable bonds is 7. The van der Waals surface area contributed by atoms with Crippen molar-refractivity contribution in [3.8, 4) is 0 Å². The van der Waals surface area contributed by atoms with Crippen LogP contribution >= 0.6 is 0 Å². The van der Waals surface area contributed by atoms with Crippen LogP contribution in [-0.4, -0.2) is 29.9 Å². The van der Waals surface area contributed by atoms with Gasteiger partial charge in [-0.05, 0) is 0 Å². The first kappa shape index (κ1) is 15.1. The molecule has 1 aromatic heterocycles. The van der Waals surface area contributed by atoms with Gasteiger partial charge in [0, 0.05) is 37.0 Å². The van der Waals surface area contributed by atoms with Gasteiger partial charge in [0.2, 0.25) is 10.0 Å². The highest BCUT2D eigenvalue weighted by atomic mass is 32.2. The molecule has 2 rings (SSSR count). The molecule has 1 aromatic carbocycles. The molecule has 0 saturated carbocycles. The molecule has 2 aromatic rings. The maximum Gasteiger partial charge on any atom is 0.273 e. The lowest BCUT2D eigenvalue weighted by Gasteiger charge is -2.06. The van der Waals surface area contributed by atoms with Gasteiger partial charge in [0.15, 0.2) is 0 Å². The molecule has 0 amide bonds. The molecule has 8 nitrogen and oxygen atoms in total. The van der Waals surface area contributed by atoms with Crippen LogP contribution in [0.25, 0.3) is 0 Å². The molecular formula is C12H14N4O4S. The number of nitro groups is 1. The number of nitrogens with zero attached hydrogens (tertiary/aromatic N) is 2. The maximum atomic E-state index is 11.9. The van der Waals surface area contributed by atoms with Gasteiger partial charge in [-0.3, -0.25) is 10.1 Å². The molecule has 0 aliphatic rings. The zero-order chi connectivity index (χ0) is 15.3. The average Bonchev–Trinajstić information content (AvgIpc) is 2.91. The van der Waals surface area contributed by atoms with Crippen LogP contribution in [-0.2, 0) is 22.2 Å². The SMILES string of the molecule is O=[N+]([O-])c1ccccc1CS(=O)(=O)NCCc1ncc[nH]1. The monoisotopic (exact) mass is 310 g/mol. The van der Waals surface area contributed by atoms with Crippen LogP contribution in [0.15, 0.2) is 36.7 Å². The first-order chi connectivity index (χ1) is 9.98. The first-order valence-electron chi connectivity index (χ1n) is 6.16. The van der Waals surface area contributed by atoms with Crippen molar-refractivity contribution in [3.05, 3.63) is 58.2 Å². The molecule has 9 heteroatoms. The summed E-state index contributed by atoms with van der Waals surface area (Å²) in [6, 6.07) is 5.79. The van der Waals surface area contributed by atoms with E-state index in [0.29, 0.717) is 12.2 Å². The van der Waals surface area contributed by atoms with E-state index in [0.717, 1.165) is 0 Å². The van der Waals surface area contributed by atoms with Gasteiger partial charge in [-0.2, -0.15) is 0 Å². The second-order valence-corrected chi connectivity index (χ2v) is 6.13. The lowest BCUT2D eigenvalue weighted by Crippen LogP contribution is -2.27. The van der Waals surface area contributed by atoms with E-state index >= 15 is 0 Å². The Kier molecular flexibility index (Phi) is 4.66. The van der Waals surface area contributed by atoms with Crippen molar-refractivity contribution in [2.75, 3.05) is 6.54 Å². The van der Waals surface area contributed by atoms with Crippen LogP contribution < -0.4 is 4.72 Å². The maximum absolute atomic E-state index is 11.9. The molecule has 0 fully saturated rings. The van der Waals surface area contributed by atoms with Crippen molar-refractivity contribution in [1.29, 1.82) is 0 Å². The molecule has 1 heterocycles. The van der Waals surface area contributed by atoms with Gasteiger partial charge in [0.05, 0.1) is 10.7 Å². The molecule has 0 aliphatic carbocycles. The molecule has 0 unspecified atom stereocenters. The number of nitro benzene ring substituents is 1. The van der Waals surface area contributed by atoms with Crippen molar-refractivity contribution in [3.63, 3.8) is 0 Å². The Labute approximate surface area is 121 Å². The van der Waals surface area contributed by atoms with Gasteiger partial charge in [-0.15, -0.1) is 0 Å². The third-order valence-electron chi connectivity index (χ3n) is 2.77. The van der Waals surface area contributed by atoms with Crippen LogP contribution in [0.4, 0.5) is 5.69 Å². The highest BCUT2D eigenvalue weighted by Gasteiger charge is 2.19. The molecule has 0 spiro atoms. The molecule has 112 valence electrons. The second kappa shape index (κ2) is 6.46. The minimum Gasteiger partial charge on any atom is -0.349 e. The number of sulfonamides is 1. The van der Waals surface area contributed by atoms with Gasteiger partial charge in [0.1, 0.15) is 5.82 Å². The number of benzene rings is 1. The predicted octanol–water partition coefficient (Wildman–Crippen LogP) is 0.980. The van der Waals surface area contributed by atoms with E-state index in [2.05, 4.69) is 14.7 Å². The zero-order valence-corrected chi connectivity index (χ0v) is 11.8. The van der Waals surface area contributed by atoms with E-state index in [1.807, 2.05) is 0 Å². The largest absolute Gasteiger partial charge is 0.349 e. The Morgan fingerprint density at radius 3 is 2.76 bits per heavy atom. The number of hydrogen-bond donors (Lipinski definition) is 2. The average molecular weight is 310 g/mol. The summed E-state index contributed by atoms with van der Waals surface area (Å²) in [4.78, 5) is 17.1. The van der Waals surface area contributed by atoms with Gasteiger partial charge >= 0.3 is 0 Å². The van der Waals surface area contributed by atoms with Crippen LogP contribution in [0, 0.1) is 10.1 Å². The Balaban J connectivity index is 1.99. The summed E-state index contributed by atoms with van der Waals surface area (Å²) in [7, 11) is -3.64. The number of hydrogen-bond acceptors (Lipinski definition) is 5. The number of H-pyrrole nitrogens is 1. The fourth-order valence-corrected chi connectivity index (χ4v) is 3.00. The molecule has 0 radical (unpaired) electrons. The summed E-state index contributed by atoms with van der Waals surface area (Å²) in [6.07, 6.45) is 3.65. The van der Waals surface area contributed by atoms with Crippen molar-refractivity contribution >= 4 is 15.7 Å². The number of nitrogens with one attached hydrogen (secondary N) is 2. The normalized spacial score (nSPS) is 11.4. The Morgan fingerprint density at radius 2 is 2.10 bits per heavy atom. The van der Waals surface area contributed by atoms with Gasteiger partial charge in [0.25, 0.3) is 5.69 Å². The van der Waals surface area contributed by atoms with Crippen LogP contribution in [0.3, 0.4) is 0 Å². The second-order valence-electron chi connectivity index (χ2n) is 4.33. The minimum atomic E-state index is -3.64. The Bertz CT molecular complexity index is 713. The van der Waals surface area contributed by atoms with E-state index < -0.39 is 20.7 Å². The van der Waals surface area contributed by atoms with Gasteiger partial charge < -0.3 is 4.98 Å². The minimum absolute atomic E-state index is 0.160. The van der Waals surface area contributed by atoms with Crippen molar-refractivity contribution in [2.24, 2.45) is 0 Å². The van der Waals surface area contributed by atoms with Crippen LogP contribution in [0.5, 0.6) is 0 Å². The topological polar surface area (TPSA) is 118 Å². The summed E-state index contributed by atoms with van der Waals surface area (Å²) in [6.45, 7) is 0.177. The Hall–Kier alpha value is -2.26. The molecular weight excluding hydrogens is 296 g/mol. The standard InChI is InChI=1S/C12H14N4O4S/c17-16(18)11-4-2-1-3-10(11)9-21(19,20)15-6-5-12-13-7-8-14-12/h1-4,7-8,15H,5-6,9H2,(H,13,14). The molecule has 0 saturated heterocycles. The van der Waals surface area contributed by atoms with Gasteiger partial charge in [-0.25, -0.2) is 18.1 Å². The smallest absolute Gasteiger partial charge is 0.273 e. The lowest BCUT2D eigenvalue weighted by molar-refractivity contribution is -0.385. The number of aromatic nitrogens is 2. The highest BCUT2D eigenvalue weighted by Crippen LogP contribution is 2.19. The van der Waals surface area contributed by atoms with Crippen LogP contribution in [0.2, 0.25) is 0 Å². The molecule has 2 N–H and O–H groups in total. The summed E-state index contributed by atoms with van der Waals surface area (Å²) in [5.41, 5.74) is -0.0399. The van der Waals surface area contributed by atoms with Gasteiger partial charge in [-0.1, -0.05) is 18.2 Å². The highest BCUT2D eigenvalue weighted by molar-refractivity contribution is 7.88. The summed E-state index contributed by atoms with van der Waals surface area (Å²) in [5, 5.41) is 10.9. The fourth-order valence-electron chi connectivity index (χ4n) is 1.83. The first-order valence-corrected chi connectivity index (χ1v) is 7.81. The molecule has 0 aliphatic heterocycles. The lowest BCUT2D eigenvalue weighted by atomic mass is 10.2. The predicted molar refractivity (Wildman–Crippen MR) is 76.0 cm³/mol. The third-order valence-corrected chi connectivity index (χ3v) is 4.11. The van der Waals surface area contributed by atoms with Crippen molar-refractivity contribution in [2.45, 2.75) is 12.2 Å². The summed E-state index contributed by atoms with van der Waals surface area (Å²) >= 11 is 0. The number of aromatic amines is 1. The third kappa shape index (κ3) is 4.36. The van der Waals surface area contributed by atoms with E-state index in [9.17, 15) is 18.5 Å². The molecule has 0 atom stereocenters.